The number of anilines is 1. The van der Waals surface area contributed by atoms with Crippen molar-refractivity contribution in [3.63, 3.8) is 0 Å². The molecule has 0 unspecified atom stereocenters. The summed E-state index contributed by atoms with van der Waals surface area (Å²) in [5, 5.41) is 1.77. The van der Waals surface area contributed by atoms with Gasteiger partial charge < -0.3 is 28.6 Å². The maximum Gasteiger partial charge on any atom is 0.262 e. The van der Waals surface area contributed by atoms with Crippen molar-refractivity contribution in [2.75, 3.05) is 65.3 Å². The highest BCUT2D eigenvalue weighted by Gasteiger charge is 2.20. The highest BCUT2D eigenvalue weighted by Crippen LogP contribution is 2.34. The number of piperazine rings is 1. The number of methoxy groups -OCH3 is 2. The van der Waals surface area contributed by atoms with E-state index in [4.69, 9.17) is 14.2 Å². The maximum absolute atomic E-state index is 13.3. The van der Waals surface area contributed by atoms with Crippen LogP contribution in [0.1, 0.15) is 6.42 Å². The lowest BCUT2D eigenvalue weighted by Crippen LogP contribution is -2.44. The quantitative estimate of drug-likeness (QED) is 0.298. The number of benzene rings is 2. The van der Waals surface area contributed by atoms with E-state index in [2.05, 4.69) is 31.1 Å². The Morgan fingerprint density at radius 1 is 0.897 bits per heavy atom. The zero-order valence-corrected chi connectivity index (χ0v) is 23.6. The number of hydrogen-bond donors (Lipinski definition) is 1. The Hall–Kier alpha value is -3.54. The minimum Gasteiger partial charge on any atom is -0.494 e. The van der Waals surface area contributed by atoms with Gasteiger partial charge in [0.15, 0.2) is 0 Å². The summed E-state index contributed by atoms with van der Waals surface area (Å²) in [4.78, 5) is 9.13. The van der Waals surface area contributed by atoms with E-state index in [0.717, 1.165) is 66.7 Å². The summed E-state index contributed by atoms with van der Waals surface area (Å²) in [6.45, 7) is 6.06. The van der Waals surface area contributed by atoms with Crippen LogP contribution in [-0.2, 0) is 17.1 Å². The third kappa shape index (κ3) is 5.75. The van der Waals surface area contributed by atoms with E-state index >= 15 is 0 Å². The minimum absolute atomic E-state index is 0.124. The monoisotopic (exact) mass is 553 g/mol. The van der Waals surface area contributed by atoms with Gasteiger partial charge in [0.1, 0.15) is 11.4 Å². The van der Waals surface area contributed by atoms with Crippen molar-refractivity contribution in [1.82, 2.24) is 19.4 Å². The second kappa shape index (κ2) is 11.3. The molecule has 0 radical (unpaired) electrons. The second-order valence-electron chi connectivity index (χ2n) is 9.78. The van der Waals surface area contributed by atoms with E-state index in [-0.39, 0.29) is 16.5 Å². The average molecular weight is 554 g/mol. The molecule has 2 aromatic heterocycles. The van der Waals surface area contributed by atoms with Crippen molar-refractivity contribution >= 4 is 37.5 Å². The number of nitrogens with one attached hydrogen (secondary N) is 1. The molecule has 1 saturated heterocycles. The fourth-order valence-electron chi connectivity index (χ4n) is 4.96. The van der Waals surface area contributed by atoms with Gasteiger partial charge in [-0.1, -0.05) is 0 Å². The van der Waals surface area contributed by atoms with Crippen LogP contribution in [0.15, 0.2) is 53.4 Å². The number of hydrogen-bond acceptors (Lipinski definition) is 8. The summed E-state index contributed by atoms with van der Waals surface area (Å²) in [7, 11) is 3.12. The van der Waals surface area contributed by atoms with Crippen molar-refractivity contribution in [2.45, 2.75) is 11.3 Å². The number of nitrogens with zero attached hydrogens (tertiary/aromatic N) is 4. The van der Waals surface area contributed by atoms with Gasteiger partial charge in [0.05, 0.1) is 25.7 Å². The summed E-state index contributed by atoms with van der Waals surface area (Å²) < 4.78 is 47.8. The van der Waals surface area contributed by atoms with Crippen molar-refractivity contribution in [3.05, 3.63) is 48.5 Å². The molecule has 11 heteroatoms. The molecule has 0 saturated carbocycles. The van der Waals surface area contributed by atoms with Gasteiger partial charge in [-0.2, -0.15) is 4.98 Å². The number of likely N-dealkylation sites (N-methyl/N-ethyl adjacent to an activating group) is 1. The Kier molecular flexibility index (Phi) is 7.83. The fraction of sp³-hybridized carbons (Fsp3) is 0.393. The molecule has 1 N–H and O–H groups in total. The minimum atomic E-state index is -3.92. The van der Waals surface area contributed by atoms with Gasteiger partial charge in [-0.15, -0.1) is 0 Å². The number of aryl methyl sites for hydroxylation is 1. The van der Waals surface area contributed by atoms with E-state index in [1.54, 1.807) is 24.3 Å². The number of aromatic nitrogens is 2. The van der Waals surface area contributed by atoms with Gasteiger partial charge in [0.2, 0.25) is 11.8 Å². The van der Waals surface area contributed by atoms with Crippen LogP contribution in [0.5, 0.6) is 17.5 Å². The molecule has 10 nitrogen and oxygen atoms in total. The first-order valence-corrected chi connectivity index (χ1v) is 14.4. The lowest BCUT2D eigenvalue weighted by Gasteiger charge is -2.32. The smallest absolute Gasteiger partial charge is 0.262 e. The summed E-state index contributed by atoms with van der Waals surface area (Å²) in [6, 6.07) is 14.2. The van der Waals surface area contributed by atoms with Crippen LogP contribution in [0.25, 0.3) is 21.8 Å². The molecular formula is C28H35N5O5S. The Balaban J connectivity index is 1.36. The summed E-state index contributed by atoms with van der Waals surface area (Å²) in [6.07, 6.45) is 0.953. The predicted octanol–water partition coefficient (Wildman–Crippen LogP) is 3.56. The Bertz CT molecular complexity index is 1580. The van der Waals surface area contributed by atoms with Crippen LogP contribution in [-0.4, -0.2) is 88.4 Å². The summed E-state index contributed by atoms with van der Waals surface area (Å²) in [5.41, 5.74) is 2.15. The summed E-state index contributed by atoms with van der Waals surface area (Å²) >= 11 is 0. The highest BCUT2D eigenvalue weighted by molar-refractivity contribution is 7.92. The molecule has 208 valence electrons. The van der Waals surface area contributed by atoms with Crippen LogP contribution in [0.2, 0.25) is 0 Å². The number of ether oxygens (including phenoxy) is 3. The molecule has 5 rings (SSSR count). The van der Waals surface area contributed by atoms with Gasteiger partial charge in [-0.25, -0.2) is 8.42 Å². The third-order valence-corrected chi connectivity index (χ3v) is 8.59. The van der Waals surface area contributed by atoms with Crippen LogP contribution in [0.4, 0.5) is 5.69 Å². The first kappa shape index (κ1) is 27.0. The Labute approximate surface area is 229 Å². The van der Waals surface area contributed by atoms with Crippen molar-refractivity contribution in [2.24, 2.45) is 7.05 Å². The van der Waals surface area contributed by atoms with Gasteiger partial charge in [0, 0.05) is 67.6 Å². The van der Waals surface area contributed by atoms with Gasteiger partial charge in [-0.05, 0) is 55.9 Å². The molecular weight excluding hydrogens is 518 g/mol. The average Bonchev–Trinajstić information content (AvgIpc) is 3.22. The van der Waals surface area contributed by atoms with Gasteiger partial charge in [0.25, 0.3) is 10.0 Å². The molecule has 3 heterocycles. The molecule has 4 aromatic rings. The van der Waals surface area contributed by atoms with Crippen LogP contribution in [0.3, 0.4) is 0 Å². The molecule has 0 bridgehead atoms. The molecule has 1 aliphatic rings. The zero-order chi connectivity index (χ0) is 27.6. The molecule has 0 amide bonds. The standard InChI is InChI=1S/C28H35N5O5S/c1-31-13-15-33(16-14-31)12-5-17-38-20-6-9-25-22(18-20)23-19-21(7-10-26(23)32(25)2)39(34,35)30-24-8-11-27(36-3)29-28(24)37-4/h6-11,18-19,30H,5,12-17H2,1-4H3. The molecule has 2 aromatic carbocycles. The molecule has 1 aliphatic heterocycles. The number of pyridine rings is 1. The Morgan fingerprint density at radius 2 is 1.62 bits per heavy atom. The molecule has 1 fully saturated rings. The topological polar surface area (TPSA) is 98.2 Å². The van der Waals surface area contributed by atoms with E-state index < -0.39 is 10.0 Å². The van der Waals surface area contributed by atoms with Gasteiger partial charge in [-0.3, -0.25) is 4.72 Å². The van der Waals surface area contributed by atoms with Crippen LogP contribution >= 0.6 is 0 Å². The molecule has 0 aliphatic carbocycles. The largest absolute Gasteiger partial charge is 0.494 e. The SMILES string of the molecule is COc1ccc(NS(=O)(=O)c2ccc3c(c2)c2cc(OCCCN4CCN(C)CC4)ccc2n3C)c(OC)n1. The second-order valence-corrected chi connectivity index (χ2v) is 11.5. The normalized spacial score (nSPS) is 15.1. The lowest BCUT2D eigenvalue weighted by atomic mass is 10.1. The molecule has 0 atom stereocenters. The highest BCUT2D eigenvalue weighted by atomic mass is 32.2. The fourth-order valence-corrected chi connectivity index (χ4v) is 6.04. The number of sulfonamides is 1. The van der Waals surface area contributed by atoms with Crippen molar-refractivity contribution in [1.29, 1.82) is 0 Å². The van der Waals surface area contributed by atoms with Crippen LogP contribution < -0.4 is 18.9 Å². The predicted molar refractivity (Wildman–Crippen MR) is 153 cm³/mol. The summed E-state index contributed by atoms with van der Waals surface area (Å²) in [5.74, 6) is 1.22. The van der Waals surface area contributed by atoms with E-state index in [9.17, 15) is 8.42 Å². The first-order valence-electron chi connectivity index (χ1n) is 13.0. The van der Waals surface area contributed by atoms with Gasteiger partial charge >= 0.3 is 0 Å². The lowest BCUT2D eigenvalue weighted by molar-refractivity contribution is 0.145. The third-order valence-electron chi connectivity index (χ3n) is 7.22. The number of rotatable bonds is 10. The maximum atomic E-state index is 13.3. The van der Waals surface area contributed by atoms with E-state index in [1.165, 1.54) is 14.2 Å². The Morgan fingerprint density at radius 3 is 2.33 bits per heavy atom. The van der Waals surface area contributed by atoms with E-state index in [1.807, 2.05) is 31.3 Å². The van der Waals surface area contributed by atoms with Crippen molar-refractivity contribution < 1.29 is 22.6 Å². The molecule has 39 heavy (non-hydrogen) atoms. The van der Waals surface area contributed by atoms with Crippen molar-refractivity contribution in [3.8, 4) is 17.5 Å². The van der Waals surface area contributed by atoms with E-state index in [0.29, 0.717) is 12.5 Å². The zero-order valence-electron chi connectivity index (χ0n) is 22.8. The first-order chi connectivity index (χ1) is 18.8. The van der Waals surface area contributed by atoms with Crippen LogP contribution in [0, 0.1) is 0 Å². The molecule has 0 spiro atoms. The number of fused-ring (bicyclic) bond motifs is 3.